The van der Waals surface area contributed by atoms with Crippen molar-refractivity contribution in [3.63, 3.8) is 0 Å². The zero-order chi connectivity index (χ0) is 17.7. The number of rotatable bonds is 4. The number of amides is 2. The number of nitrogens with one attached hydrogen (secondary N) is 2. The smallest absolute Gasteiger partial charge is 0.250 e. The molecule has 0 radical (unpaired) electrons. The molecule has 130 valence electrons. The molecule has 0 spiro atoms. The van der Waals surface area contributed by atoms with Crippen molar-refractivity contribution in [3.8, 4) is 0 Å². The van der Waals surface area contributed by atoms with Gasteiger partial charge < -0.3 is 10.6 Å². The fourth-order valence-corrected chi connectivity index (χ4v) is 3.23. The molecular formula is C20H23N3O2. The van der Waals surface area contributed by atoms with Gasteiger partial charge in [0.15, 0.2) is 0 Å². The lowest BCUT2D eigenvalue weighted by molar-refractivity contribution is -0.130. The van der Waals surface area contributed by atoms with E-state index in [0.717, 1.165) is 29.7 Å². The average Bonchev–Trinajstić information content (AvgIpc) is 2.80. The molecule has 2 heterocycles. The van der Waals surface area contributed by atoms with E-state index in [9.17, 15) is 9.59 Å². The summed E-state index contributed by atoms with van der Waals surface area (Å²) in [6.45, 7) is 2.00. The lowest BCUT2D eigenvalue weighted by Gasteiger charge is -2.32. The highest BCUT2D eigenvalue weighted by atomic mass is 16.2. The minimum Gasteiger partial charge on any atom is -0.341 e. The molecule has 1 aliphatic rings. The van der Waals surface area contributed by atoms with Gasteiger partial charge in [-0.25, -0.2) is 0 Å². The van der Waals surface area contributed by atoms with E-state index in [2.05, 4.69) is 15.6 Å². The lowest BCUT2D eigenvalue weighted by Crippen LogP contribution is -2.57. The predicted octanol–water partition coefficient (Wildman–Crippen LogP) is 3.00. The number of hydrogen-bond acceptors (Lipinski definition) is 3. The summed E-state index contributed by atoms with van der Waals surface area (Å²) < 4.78 is 0. The molecule has 0 aliphatic carbocycles. The van der Waals surface area contributed by atoms with Gasteiger partial charge in [0, 0.05) is 30.9 Å². The number of aromatic nitrogens is 1. The number of aryl methyl sites for hydroxylation is 1. The molecule has 2 N–H and O–H groups in total. The molecule has 25 heavy (non-hydrogen) atoms. The number of nitrogens with zero attached hydrogens (tertiary/aromatic N) is 1. The Bertz CT molecular complexity index is 743. The molecule has 1 saturated heterocycles. The molecule has 0 bridgehead atoms. The summed E-state index contributed by atoms with van der Waals surface area (Å²) in [5.74, 6) is -0.240. The highest BCUT2D eigenvalue weighted by Crippen LogP contribution is 2.26. The van der Waals surface area contributed by atoms with E-state index < -0.39 is 5.54 Å². The standard InChI is InChI=1S/C20H23N3O2/c1-15-7-9-17(10-8-15)22-19(25)20(11-3-2-6-18(24)23-20)13-16-5-4-12-21-14-16/h4-5,7-10,12,14H,2-3,6,11,13H2,1H3,(H,22,25)(H,23,24)/t20-/m1/s1. The van der Waals surface area contributed by atoms with Crippen molar-refractivity contribution in [1.82, 2.24) is 10.3 Å². The van der Waals surface area contributed by atoms with Gasteiger partial charge in [-0.3, -0.25) is 14.6 Å². The Morgan fingerprint density at radius 3 is 2.76 bits per heavy atom. The van der Waals surface area contributed by atoms with Crippen LogP contribution in [0.1, 0.15) is 36.8 Å². The Kier molecular flexibility index (Phi) is 5.12. The SMILES string of the molecule is Cc1ccc(NC(=O)[C@]2(Cc3cccnc3)CCCCC(=O)N2)cc1. The summed E-state index contributed by atoms with van der Waals surface area (Å²) in [7, 11) is 0. The second kappa shape index (κ2) is 7.47. The fraction of sp³-hybridized carbons (Fsp3) is 0.350. The van der Waals surface area contributed by atoms with Crippen molar-refractivity contribution in [2.75, 3.05) is 5.32 Å². The lowest BCUT2D eigenvalue weighted by atomic mass is 9.86. The zero-order valence-corrected chi connectivity index (χ0v) is 14.4. The molecule has 2 amide bonds. The summed E-state index contributed by atoms with van der Waals surface area (Å²) in [6, 6.07) is 11.4. The van der Waals surface area contributed by atoms with Crippen molar-refractivity contribution >= 4 is 17.5 Å². The van der Waals surface area contributed by atoms with Crippen LogP contribution < -0.4 is 10.6 Å². The van der Waals surface area contributed by atoms with E-state index >= 15 is 0 Å². The van der Waals surface area contributed by atoms with Gasteiger partial charge in [-0.2, -0.15) is 0 Å². The molecule has 0 saturated carbocycles. The molecule has 5 nitrogen and oxygen atoms in total. The summed E-state index contributed by atoms with van der Waals surface area (Å²) >= 11 is 0. The summed E-state index contributed by atoms with van der Waals surface area (Å²) in [6.07, 6.45) is 6.60. The predicted molar refractivity (Wildman–Crippen MR) is 97.1 cm³/mol. The Labute approximate surface area is 147 Å². The second-order valence-corrected chi connectivity index (χ2v) is 6.70. The highest BCUT2D eigenvalue weighted by Gasteiger charge is 2.41. The van der Waals surface area contributed by atoms with Gasteiger partial charge in [0.1, 0.15) is 5.54 Å². The van der Waals surface area contributed by atoms with Crippen LogP contribution in [0.2, 0.25) is 0 Å². The van der Waals surface area contributed by atoms with Crippen LogP contribution in [0.3, 0.4) is 0 Å². The Morgan fingerprint density at radius 2 is 2.04 bits per heavy atom. The second-order valence-electron chi connectivity index (χ2n) is 6.70. The van der Waals surface area contributed by atoms with E-state index in [4.69, 9.17) is 0 Å². The molecule has 3 rings (SSSR count). The number of pyridine rings is 1. The summed E-state index contributed by atoms with van der Waals surface area (Å²) in [5.41, 5.74) is 1.86. The number of hydrogen-bond donors (Lipinski definition) is 2. The van der Waals surface area contributed by atoms with Crippen molar-refractivity contribution in [2.45, 2.75) is 44.6 Å². The Morgan fingerprint density at radius 1 is 1.24 bits per heavy atom. The van der Waals surface area contributed by atoms with Crippen LogP contribution in [-0.2, 0) is 16.0 Å². The van der Waals surface area contributed by atoms with Gasteiger partial charge in [0.05, 0.1) is 0 Å². The van der Waals surface area contributed by atoms with Gasteiger partial charge >= 0.3 is 0 Å². The first-order valence-electron chi connectivity index (χ1n) is 8.65. The quantitative estimate of drug-likeness (QED) is 0.901. The van der Waals surface area contributed by atoms with Crippen LogP contribution in [0.4, 0.5) is 5.69 Å². The first-order chi connectivity index (χ1) is 12.1. The number of carbonyl (C=O) groups excluding carboxylic acids is 2. The first-order valence-corrected chi connectivity index (χ1v) is 8.65. The minimum atomic E-state index is -0.943. The summed E-state index contributed by atoms with van der Waals surface area (Å²) in [4.78, 5) is 29.4. The average molecular weight is 337 g/mol. The Hall–Kier alpha value is -2.69. The number of benzene rings is 1. The van der Waals surface area contributed by atoms with Crippen LogP contribution in [0, 0.1) is 6.92 Å². The van der Waals surface area contributed by atoms with E-state index in [1.807, 2.05) is 43.3 Å². The van der Waals surface area contributed by atoms with Gasteiger partial charge in [0.25, 0.3) is 0 Å². The van der Waals surface area contributed by atoms with Crippen molar-refractivity contribution in [3.05, 3.63) is 59.9 Å². The minimum absolute atomic E-state index is 0.0690. The normalized spacial score (nSPS) is 20.4. The largest absolute Gasteiger partial charge is 0.341 e. The molecule has 5 heteroatoms. The third kappa shape index (κ3) is 4.24. The molecule has 1 aliphatic heterocycles. The van der Waals surface area contributed by atoms with Gasteiger partial charge in [-0.15, -0.1) is 0 Å². The van der Waals surface area contributed by atoms with E-state index in [1.54, 1.807) is 12.4 Å². The van der Waals surface area contributed by atoms with Crippen molar-refractivity contribution in [1.29, 1.82) is 0 Å². The van der Waals surface area contributed by atoms with Gasteiger partial charge in [-0.05, 0) is 43.5 Å². The maximum Gasteiger partial charge on any atom is 0.250 e. The van der Waals surface area contributed by atoms with Crippen LogP contribution in [0.15, 0.2) is 48.8 Å². The molecule has 1 fully saturated rings. The molecular weight excluding hydrogens is 314 g/mol. The van der Waals surface area contributed by atoms with Crippen LogP contribution >= 0.6 is 0 Å². The van der Waals surface area contributed by atoms with E-state index in [0.29, 0.717) is 19.3 Å². The first kappa shape index (κ1) is 17.1. The molecule has 1 aromatic carbocycles. The monoisotopic (exact) mass is 337 g/mol. The van der Waals surface area contributed by atoms with Crippen LogP contribution in [0.25, 0.3) is 0 Å². The maximum absolute atomic E-state index is 13.1. The van der Waals surface area contributed by atoms with Crippen molar-refractivity contribution < 1.29 is 9.59 Å². The van der Waals surface area contributed by atoms with E-state index in [1.165, 1.54) is 0 Å². The fourth-order valence-electron chi connectivity index (χ4n) is 3.23. The maximum atomic E-state index is 13.1. The van der Waals surface area contributed by atoms with Crippen LogP contribution in [0.5, 0.6) is 0 Å². The summed E-state index contributed by atoms with van der Waals surface area (Å²) in [5, 5.41) is 5.97. The third-order valence-electron chi connectivity index (χ3n) is 4.61. The Balaban J connectivity index is 1.87. The van der Waals surface area contributed by atoms with Crippen LogP contribution in [-0.4, -0.2) is 22.3 Å². The molecule has 1 aromatic heterocycles. The van der Waals surface area contributed by atoms with Crippen molar-refractivity contribution in [2.24, 2.45) is 0 Å². The highest BCUT2D eigenvalue weighted by molar-refractivity contribution is 6.01. The zero-order valence-electron chi connectivity index (χ0n) is 14.4. The van der Waals surface area contributed by atoms with Gasteiger partial charge in [0.2, 0.25) is 11.8 Å². The number of anilines is 1. The third-order valence-corrected chi connectivity index (χ3v) is 4.61. The molecule has 0 unspecified atom stereocenters. The topological polar surface area (TPSA) is 71.1 Å². The number of carbonyl (C=O) groups is 2. The molecule has 1 atom stereocenters. The van der Waals surface area contributed by atoms with E-state index in [-0.39, 0.29) is 11.8 Å². The van der Waals surface area contributed by atoms with Gasteiger partial charge in [-0.1, -0.05) is 30.2 Å². The molecule has 2 aromatic rings.